The van der Waals surface area contributed by atoms with Gasteiger partial charge < -0.3 is 15.8 Å². The van der Waals surface area contributed by atoms with Crippen LogP contribution in [0.3, 0.4) is 0 Å². The van der Waals surface area contributed by atoms with Gasteiger partial charge in [-0.2, -0.15) is 0 Å². The van der Waals surface area contributed by atoms with E-state index in [2.05, 4.69) is 41.4 Å². The number of rotatable bonds is 8. The Morgan fingerprint density at radius 3 is 2.33 bits per heavy atom. The highest BCUT2D eigenvalue weighted by Crippen LogP contribution is 2.33. The fourth-order valence-electron chi connectivity index (χ4n) is 2.88. The Hall–Kier alpha value is -2.38. The van der Waals surface area contributed by atoms with E-state index in [1.165, 1.54) is 5.56 Å². The summed E-state index contributed by atoms with van der Waals surface area (Å²) in [6, 6.07) is 8.43. The molecule has 0 spiro atoms. The van der Waals surface area contributed by atoms with Gasteiger partial charge in [-0.05, 0) is 31.5 Å². The number of ether oxygens (including phenoxy) is 1. The molecule has 1 aromatic carbocycles. The van der Waals surface area contributed by atoms with Crippen LogP contribution in [0.1, 0.15) is 50.6 Å². The molecule has 0 bridgehead atoms. The SMILES string of the molecule is CCOC(=O)c1c(N)sc(C(=O)NC)c1CN(C)Cc1ccc(CC)cc1. The average molecular weight is 390 g/mol. The normalized spacial score (nSPS) is 10.9. The van der Waals surface area contributed by atoms with Crippen LogP contribution in [0.15, 0.2) is 24.3 Å². The summed E-state index contributed by atoms with van der Waals surface area (Å²) >= 11 is 1.12. The first-order chi connectivity index (χ1) is 12.9. The number of esters is 1. The Kier molecular flexibility index (Phi) is 7.38. The van der Waals surface area contributed by atoms with Gasteiger partial charge in [-0.3, -0.25) is 9.69 Å². The first kappa shape index (κ1) is 20.9. The molecule has 0 radical (unpaired) electrons. The molecule has 0 unspecified atom stereocenters. The van der Waals surface area contributed by atoms with Crippen molar-refractivity contribution in [2.75, 3.05) is 26.4 Å². The van der Waals surface area contributed by atoms with E-state index in [1.54, 1.807) is 14.0 Å². The molecule has 0 atom stereocenters. The number of hydrogen-bond acceptors (Lipinski definition) is 6. The molecule has 7 heteroatoms. The van der Waals surface area contributed by atoms with Crippen molar-refractivity contribution in [3.05, 3.63) is 51.4 Å². The zero-order valence-electron chi connectivity index (χ0n) is 16.3. The second-order valence-corrected chi connectivity index (χ2v) is 7.34. The zero-order chi connectivity index (χ0) is 20.0. The molecular weight excluding hydrogens is 362 g/mol. The van der Waals surface area contributed by atoms with Crippen LogP contribution in [-0.2, 0) is 24.2 Å². The lowest BCUT2D eigenvalue weighted by Crippen LogP contribution is -2.23. The topological polar surface area (TPSA) is 84.7 Å². The number of anilines is 1. The standard InChI is InChI=1S/C20H27N3O3S/c1-5-13-7-9-14(10-8-13)11-23(4)12-15-16(20(25)26-6-2)18(21)27-17(15)19(24)22-3/h7-10H,5-6,11-12,21H2,1-4H3,(H,22,24). The molecule has 1 heterocycles. The summed E-state index contributed by atoms with van der Waals surface area (Å²) in [5.74, 6) is -0.741. The first-order valence-corrected chi connectivity index (χ1v) is 9.79. The van der Waals surface area contributed by atoms with Crippen LogP contribution < -0.4 is 11.1 Å². The van der Waals surface area contributed by atoms with Crippen LogP contribution in [-0.4, -0.2) is 37.5 Å². The largest absolute Gasteiger partial charge is 0.462 e. The maximum atomic E-state index is 12.4. The van der Waals surface area contributed by atoms with E-state index < -0.39 is 5.97 Å². The lowest BCUT2D eigenvalue weighted by atomic mass is 10.1. The molecule has 0 aliphatic heterocycles. The van der Waals surface area contributed by atoms with E-state index >= 15 is 0 Å². The average Bonchev–Trinajstić information content (AvgIpc) is 2.97. The van der Waals surface area contributed by atoms with E-state index in [0.717, 1.165) is 23.3 Å². The highest BCUT2D eigenvalue weighted by atomic mass is 32.1. The van der Waals surface area contributed by atoms with Crippen molar-refractivity contribution in [1.29, 1.82) is 0 Å². The molecule has 27 heavy (non-hydrogen) atoms. The molecule has 146 valence electrons. The predicted octanol–water partition coefficient (Wildman–Crippen LogP) is 3.06. The maximum absolute atomic E-state index is 12.4. The summed E-state index contributed by atoms with van der Waals surface area (Å²) in [7, 11) is 3.51. The van der Waals surface area contributed by atoms with Crippen LogP contribution in [0.2, 0.25) is 0 Å². The molecular formula is C20H27N3O3S. The van der Waals surface area contributed by atoms with Crippen molar-refractivity contribution in [1.82, 2.24) is 10.2 Å². The number of carbonyl (C=O) groups is 2. The van der Waals surface area contributed by atoms with Crippen molar-refractivity contribution < 1.29 is 14.3 Å². The monoisotopic (exact) mass is 389 g/mol. The number of nitrogens with zero attached hydrogens (tertiary/aromatic N) is 1. The second-order valence-electron chi connectivity index (χ2n) is 6.29. The van der Waals surface area contributed by atoms with E-state index in [0.29, 0.717) is 34.1 Å². The van der Waals surface area contributed by atoms with E-state index in [-0.39, 0.29) is 12.5 Å². The van der Waals surface area contributed by atoms with E-state index in [1.807, 2.05) is 7.05 Å². The molecule has 0 aliphatic rings. The summed E-state index contributed by atoms with van der Waals surface area (Å²) in [4.78, 5) is 27.1. The van der Waals surface area contributed by atoms with Gasteiger partial charge in [0, 0.05) is 25.7 Å². The van der Waals surface area contributed by atoms with Gasteiger partial charge in [0.05, 0.1) is 17.0 Å². The third-order valence-electron chi connectivity index (χ3n) is 4.26. The Morgan fingerprint density at radius 1 is 1.15 bits per heavy atom. The third-order valence-corrected chi connectivity index (χ3v) is 5.32. The van der Waals surface area contributed by atoms with Crippen LogP contribution in [0, 0.1) is 0 Å². The van der Waals surface area contributed by atoms with Crippen LogP contribution in [0.25, 0.3) is 0 Å². The molecule has 0 saturated heterocycles. The Bertz CT molecular complexity index is 800. The van der Waals surface area contributed by atoms with Gasteiger partial charge in [-0.25, -0.2) is 4.79 Å². The van der Waals surface area contributed by atoms with Crippen molar-refractivity contribution in [2.24, 2.45) is 0 Å². The fourth-order valence-corrected chi connectivity index (χ4v) is 3.89. The number of benzene rings is 1. The van der Waals surface area contributed by atoms with Crippen molar-refractivity contribution in [3.8, 4) is 0 Å². The van der Waals surface area contributed by atoms with Gasteiger partial charge in [0.2, 0.25) is 0 Å². The van der Waals surface area contributed by atoms with Gasteiger partial charge in [0.25, 0.3) is 5.91 Å². The lowest BCUT2D eigenvalue weighted by Gasteiger charge is -2.18. The van der Waals surface area contributed by atoms with Gasteiger partial charge in [-0.1, -0.05) is 31.2 Å². The summed E-state index contributed by atoms with van der Waals surface area (Å²) in [5.41, 5.74) is 9.41. The van der Waals surface area contributed by atoms with Gasteiger partial charge in [-0.15, -0.1) is 11.3 Å². The van der Waals surface area contributed by atoms with E-state index in [4.69, 9.17) is 10.5 Å². The minimum absolute atomic E-state index is 0.252. The minimum Gasteiger partial charge on any atom is -0.462 e. The van der Waals surface area contributed by atoms with Crippen molar-refractivity contribution >= 4 is 28.2 Å². The van der Waals surface area contributed by atoms with Gasteiger partial charge in [0.1, 0.15) is 5.00 Å². The van der Waals surface area contributed by atoms with Crippen molar-refractivity contribution in [2.45, 2.75) is 33.4 Å². The number of nitrogens with two attached hydrogens (primary N) is 1. The number of aryl methyl sites for hydroxylation is 1. The zero-order valence-corrected chi connectivity index (χ0v) is 17.1. The summed E-state index contributed by atoms with van der Waals surface area (Å²) in [6.07, 6.45) is 1.00. The quantitative estimate of drug-likeness (QED) is 0.678. The second kappa shape index (κ2) is 9.53. The molecule has 1 amide bonds. The molecule has 0 saturated carbocycles. The fraction of sp³-hybridized carbons (Fsp3) is 0.400. The lowest BCUT2D eigenvalue weighted by molar-refractivity contribution is 0.0526. The number of amides is 1. The smallest absolute Gasteiger partial charge is 0.341 e. The molecule has 0 aliphatic carbocycles. The molecule has 6 nitrogen and oxygen atoms in total. The first-order valence-electron chi connectivity index (χ1n) is 8.97. The molecule has 2 rings (SSSR count). The Labute approximate surface area is 164 Å². The Morgan fingerprint density at radius 2 is 1.78 bits per heavy atom. The highest BCUT2D eigenvalue weighted by molar-refractivity contribution is 7.18. The van der Waals surface area contributed by atoms with Crippen LogP contribution in [0.5, 0.6) is 0 Å². The number of thiophene rings is 1. The van der Waals surface area contributed by atoms with Crippen molar-refractivity contribution in [3.63, 3.8) is 0 Å². The molecule has 3 N–H and O–H groups in total. The summed E-state index contributed by atoms with van der Waals surface area (Å²) in [6.45, 7) is 5.23. The van der Waals surface area contributed by atoms with E-state index in [9.17, 15) is 9.59 Å². The third kappa shape index (κ3) is 5.08. The van der Waals surface area contributed by atoms with Gasteiger partial charge in [0.15, 0.2) is 0 Å². The molecule has 0 fully saturated rings. The predicted molar refractivity (Wildman–Crippen MR) is 109 cm³/mol. The molecule has 2 aromatic rings. The Balaban J connectivity index is 2.28. The number of hydrogen-bond donors (Lipinski definition) is 2. The number of nitrogens with one attached hydrogen (secondary N) is 1. The highest BCUT2D eigenvalue weighted by Gasteiger charge is 2.27. The van der Waals surface area contributed by atoms with Crippen LogP contribution in [0.4, 0.5) is 5.00 Å². The van der Waals surface area contributed by atoms with Gasteiger partial charge >= 0.3 is 5.97 Å². The summed E-state index contributed by atoms with van der Waals surface area (Å²) < 4.78 is 5.14. The summed E-state index contributed by atoms with van der Waals surface area (Å²) in [5, 5.41) is 2.92. The number of carbonyl (C=O) groups excluding carboxylic acids is 2. The minimum atomic E-state index is -0.489. The van der Waals surface area contributed by atoms with Crippen LogP contribution >= 0.6 is 11.3 Å². The number of nitrogen functional groups attached to an aromatic ring is 1. The maximum Gasteiger partial charge on any atom is 0.341 e. The molecule has 1 aromatic heterocycles.